The van der Waals surface area contributed by atoms with Crippen LogP contribution in [0.2, 0.25) is 0 Å². The summed E-state index contributed by atoms with van der Waals surface area (Å²) in [7, 11) is 1.60. The van der Waals surface area contributed by atoms with Gasteiger partial charge in [-0.1, -0.05) is 13.3 Å². The van der Waals surface area contributed by atoms with Gasteiger partial charge in [0.05, 0.1) is 4.92 Å². The van der Waals surface area contributed by atoms with E-state index < -0.39 is 4.92 Å². The van der Waals surface area contributed by atoms with E-state index in [9.17, 15) is 14.9 Å². The normalized spacial score (nSPS) is 15.3. The number of hydrogen-bond acceptors (Lipinski definition) is 4. The van der Waals surface area contributed by atoms with Crippen molar-refractivity contribution < 1.29 is 9.72 Å². The van der Waals surface area contributed by atoms with E-state index in [1.165, 1.54) is 31.0 Å². The molecule has 1 saturated carbocycles. The summed E-state index contributed by atoms with van der Waals surface area (Å²) in [6.45, 7) is 2.84. The Balaban J connectivity index is 2.04. The number of anilines is 1. The Morgan fingerprint density at radius 3 is 2.67 bits per heavy atom. The third-order valence-corrected chi connectivity index (χ3v) is 4.09. The zero-order chi connectivity index (χ0) is 15.5. The molecule has 0 bridgehead atoms. The van der Waals surface area contributed by atoms with Crippen LogP contribution in [0.1, 0.15) is 43.0 Å². The van der Waals surface area contributed by atoms with E-state index in [-0.39, 0.29) is 17.0 Å². The second kappa shape index (κ2) is 6.11. The lowest BCUT2D eigenvalue weighted by Gasteiger charge is -2.15. The van der Waals surface area contributed by atoms with E-state index >= 15 is 0 Å². The number of benzene rings is 1. The minimum Gasteiger partial charge on any atom is -0.383 e. The first-order valence-corrected chi connectivity index (χ1v) is 7.26. The van der Waals surface area contributed by atoms with Crippen LogP contribution in [0.4, 0.5) is 11.4 Å². The SMILES string of the molecule is CCCC1(CNC(=O)c2ccc([N+](=O)[O-])c(NC)c2)CC1. The Hall–Kier alpha value is -2.11. The molecule has 1 aromatic carbocycles. The van der Waals surface area contributed by atoms with E-state index in [0.29, 0.717) is 17.8 Å². The first-order chi connectivity index (χ1) is 10.0. The van der Waals surface area contributed by atoms with Crippen molar-refractivity contribution in [2.45, 2.75) is 32.6 Å². The van der Waals surface area contributed by atoms with E-state index in [0.717, 1.165) is 12.8 Å². The first kappa shape index (κ1) is 15.3. The van der Waals surface area contributed by atoms with Crippen LogP contribution in [0.5, 0.6) is 0 Å². The van der Waals surface area contributed by atoms with Crippen LogP contribution < -0.4 is 10.6 Å². The molecule has 6 nitrogen and oxygen atoms in total. The summed E-state index contributed by atoms with van der Waals surface area (Å²) in [6, 6.07) is 4.38. The number of hydrogen-bond donors (Lipinski definition) is 2. The fourth-order valence-electron chi connectivity index (χ4n) is 2.63. The van der Waals surface area contributed by atoms with Gasteiger partial charge in [0.25, 0.3) is 11.6 Å². The molecule has 0 aliphatic heterocycles. The average Bonchev–Trinajstić information content (AvgIpc) is 3.24. The van der Waals surface area contributed by atoms with Gasteiger partial charge in [-0.15, -0.1) is 0 Å². The monoisotopic (exact) mass is 291 g/mol. The molecule has 0 aromatic heterocycles. The number of carbonyl (C=O) groups is 1. The van der Waals surface area contributed by atoms with Crippen LogP contribution in [0, 0.1) is 15.5 Å². The lowest BCUT2D eigenvalue weighted by Crippen LogP contribution is -2.30. The zero-order valence-electron chi connectivity index (χ0n) is 12.4. The highest BCUT2D eigenvalue weighted by Crippen LogP contribution is 2.48. The van der Waals surface area contributed by atoms with Gasteiger partial charge >= 0.3 is 0 Å². The summed E-state index contributed by atoms with van der Waals surface area (Å²) in [4.78, 5) is 22.6. The molecular weight excluding hydrogens is 270 g/mol. The second-order valence-corrected chi connectivity index (χ2v) is 5.67. The molecule has 0 atom stereocenters. The van der Waals surface area contributed by atoms with Gasteiger partial charge in [0.1, 0.15) is 5.69 Å². The van der Waals surface area contributed by atoms with Gasteiger partial charge in [-0.2, -0.15) is 0 Å². The standard InChI is InChI=1S/C15H21N3O3/c1-3-6-15(7-8-15)10-17-14(19)11-4-5-13(18(20)21)12(9-11)16-2/h4-5,9,16H,3,6-8,10H2,1-2H3,(H,17,19). The predicted molar refractivity (Wildman–Crippen MR) is 81.6 cm³/mol. The highest BCUT2D eigenvalue weighted by Gasteiger charge is 2.41. The smallest absolute Gasteiger partial charge is 0.292 e. The number of nitrogens with one attached hydrogen (secondary N) is 2. The third-order valence-electron chi connectivity index (χ3n) is 4.09. The summed E-state index contributed by atoms with van der Waals surface area (Å²) in [6.07, 6.45) is 4.60. The van der Waals surface area contributed by atoms with Crippen LogP contribution in [0.25, 0.3) is 0 Å². The van der Waals surface area contributed by atoms with Gasteiger partial charge in [-0.25, -0.2) is 0 Å². The third kappa shape index (κ3) is 3.51. The van der Waals surface area contributed by atoms with Crippen LogP contribution in [-0.4, -0.2) is 24.4 Å². The lowest BCUT2D eigenvalue weighted by molar-refractivity contribution is -0.383. The Morgan fingerprint density at radius 2 is 2.14 bits per heavy atom. The Morgan fingerprint density at radius 1 is 1.43 bits per heavy atom. The van der Waals surface area contributed by atoms with Crippen molar-refractivity contribution in [3.8, 4) is 0 Å². The highest BCUT2D eigenvalue weighted by molar-refractivity contribution is 5.95. The summed E-state index contributed by atoms with van der Waals surface area (Å²) < 4.78 is 0. The minimum absolute atomic E-state index is 0.0290. The maximum absolute atomic E-state index is 12.2. The maximum Gasteiger partial charge on any atom is 0.292 e. The van der Waals surface area contributed by atoms with Crippen molar-refractivity contribution in [2.24, 2.45) is 5.41 Å². The Bertz CT molecular complexity index is 553. The molecule has 0 spiro atoms. The van der Waals surface area contributed by atoms with E-state index in [4.69, 9.17) is 0 Å². The molecule has 0 heterocycles. The summed E-state index contributed by atoms with van der Waals surface area (Å²) in [5.74, 6) is -0.177. The molecule has 21 heavy (non-hydrogen) atoms. The molecule has 6 heteroatoms. The summed E-state index contributed by atoms with van der Waals surface area (Å²) >= 11 is 0. The van der Waals surface area contributed by atoms with Crippen molar-refractivity contribution in [1.29, 1.82) is 0 Å². The molecule has 1 aromatic rings. The van der Waals surface area contributed by atoms with Crippen molar-refractivity contribution >= 4 is 17.3 Å². The summed E-state index contributed by atoms with van der Waals surface area (Å²) in [5, 5.41) is 16.6. The lowest BCUT2D eigenvalue weighted by atomic mass is 10.0. The maximum atomic E-state index is 12.2. The largest absolute Gasteiger partial charge is 0.383 e. The van der Waals surface area contributed by atoms with Gasteiger partial charge in [-0.05, 0) is 36.8 Å². The van der Waals surface area contributed by atoms with E-state index in [2.05, 4.69) is 17.6 Å². The average molecular weight is 291 g/mol. The molecule has 0 unspecified atom stereocenters. The van der Waals surface area contributed by atoms with Gasteiger partial charge in [-0.3, -0.25) is 14.9 Å². The van der Waals surface area contributed by atoms with Gasteiger partial charge < -0.3 is 10.6 Å². The molecule has 1 amide bonds. The number of nitro benzene ring substituents is 1. The molecule has 2 rings (SSSR count). The Kier molecular flexibility index (Phi) is 4.45. The van der Waals surface area contributed by atoms with Crippen LogP contribution >= 0.6 is 0 Å². The molecule has 0 saturated heterocycles. The van der Waals surface area contributed by atoms with Crippen molar-refractivity contribution in [1.82, 2.24) is 5.32 Å². The number of carbonyl (C=O) groups excluding carboxylic acids is 1. The Labute approximate surface area is 124 Å². The van der Waals surface area contributed by atoms with Crippen LogP contribution in [0.15, 0.2) is 18.2 Å². The van der Waals surface area contributed by atoms with Crippen molar-refractivity contribution in [2.75, 3.05) is 18.9 Å². The molecular formula is C15H21N3O3. The fourth-order valence-corrected chi connectivity index (χ4v) is 2.63. The molecule has 0 radical (unpaired) electrons. The summed E-state index contributed by atoms with van der Waals surface area (Å²) in [5.41, 5.74) is 1.05. The fraction of sp³-hybridized carbons (Fsp3) is 0.533. The van der Waals surface area contributed by atoms with E-state index in [1.54, 1.807) is 7.05 Å². The van der Waals surface area contributed by atoms with Gasteiger partial charge in [0.15, 0.2) is 0 Å². The minimum atomic E-state index is -0.464. The molecule has 1 aliphatic carbocycles. The molecule has 114 valence electrons. The molecule has 1 aliphatic rings. The van der Waals surface area contributed by atoms with Crippen LogP contribution in [-0.2, 0) is 0 Å². The molecule has 1 fully saturated rings. The number of nitro groups is 1. The highest BCUT2D eigenvalue weighted by atomic mass is 16.6. The topological polar surface area (TPSA) is 84.3 Å². The quantitative estimate of drug-likeness (QED) is 0.597. The number of rotatable bonds is 7. The number of amides is 1. The van der Waals surface area contributed by atoms with Gasteiger partial charge in [0, 0.05) is 25.2 Å². The molecule has 2 N–H and O–H groups in total. The predicted octanol–water partition coefficient (Wildman–Crippen LogP) is 2.95. The van der Waals surface area contributed by atoms with Crippen molar-refractivity contribution in [3.63, 3.8) is 0 Å². The number of nitrogens with zero attached hydrogens (tertiary/aromatic N) is 1. The first-order valence-electron chi connectivity index (χ1n) is 7.26. The zero-order valence-corrected chi connectivity index (χ0v) is 12.4. The van der Waals surface area contributed by atoms with Crippen LogP contribution in [0.3, 0.4) is 0 Å². The van der Waals surface area contributed by atoms with Gasteiger partial charge in [0.2, 0.25) is 0 Å². The van der Waals surface area contributed by atoms with E-state index in [1.807, 2.05) is 0 Å². The second-order valence-electron chi connectivity index (χ2n) is 5.67. The van der Waals surface area contributed by atoms with Crippen molar-refractivity contribution in [3.05, 3.63) is 33.9 Å².